The molecule has 1 saturated carbocycles. The third-order valence-corrected chi connectivity index (χ3v) is 4.05. The number of anilines is 1. The van der Waals surface area contributed by atoms with Crippen molar-refractivity contribution < 1.29 is 0 Å². The molecule has 4 heteroatoms. The molecule has 1 aliphatic carbocycles. The molecule has 1 fully saturated rings. The molecule has 0 amide bonds. The van der Waals surface area contributed by atoms with Gasteiger partial charge in [-0.2, -0.15) is 5.10 Å². The summed E-state index contributed by atoms with van der Waals surface area (Å²) in [7, 11) is 0. The molecule has 0 aromatic carbocycles. The molecule has 0 spiro atoms. The van der Waals surface area contributed by atoms with Gasteiger partial charge in [0.05, 0.1) is 10.6 Å². The lowest BCUT2D eigenvalue weighted by Gasteiger charge is -1.95. The summed E-state index contributed by atoms with van der Waals surface area (Å²) in [6, 6.07) is 7.11. The Hall–Kier alpha value is -1.29. The predicted molar refractivity (Wildman–Crippen MR) is 67.9 cm³/mol. The summed E-state index contributed by atoms with van der Waals surface area (Å²) < 4.78 is 0. The van der Waals surface area contributed by atoms with E-state index < -0.39 is 0 Å². The molecule has 0 unspecified atom stereocenters. The van der Waals surface area contributed by atoms with Crippen LogP contribution in [0.5, 0.6) is 0 Å². The van der Waals surface area contributed by atoms with Gasteiger partial charge in [0.15, 0.2) is 0 Å². The van der Waals surface area contributed by atoms with Crippen LogP contribution in [0.25, 0.3) is 10.6 Å². The molecule has 0 atom stereocenters. The standard InChI is InChI=1S/C12H15N3S/c1-2-9-5-6-11(16-9)10-7-12(15-14-10)13-8-3-4-8/h5-8H,2-4H2,1H3,(H2,13,14,15). The molecule has 0 saturated heterocycles. The monoisotopic (exact) mass is 233 g/mol. The van der Waals surface area contributed by atoms with Crippen molar-refractivity contribution in [2.24, 2.45) is 0 Å². The van der Waals surface area contributed by atoms with Crippen molar-refractivity contribution >= 4 is 17.2 Å². The van der Waals surface area contributed by atoms with Crippen molar-refractivity contribution in [3.8, 4) is 10.6 Å². The van der Waals surface area contributed by atoms with Gasteiger partial charge in [-0.3, -0.25) is 5.10 Å². The minimum absolute atomic E-state index is 0.658. The smallest absolute Gasteiger partial charge is 0.148 e. The summed E-state index contributed by atoms with van der Waals surface area (Å²) >= 11 is 1.83. The summed E-state index contributed by atoms with van der Waals surface area (Å²) in [5.41, 5.74) is 1.12. The lowest BCUT2D eigenvalue weighted by molar-refractivity contribution is 1.05. The molecule has 16 heavy (non-hydrogen) atoms. The molecule has 2 heterocycles. The minimum atomic E-state index is 0.658. The van der Waals surface area contributed by atoms with Gasteiger partial charge in [0.1, 0.15) is 5.82 Å². The highest BCUT2D eigenvalue weighted by Gasteiger charge is 2.21. The number of hydrogen-bond donors (Lipinski definition) is 2. The number of nitrogens with zero attached hydrogens (tertiary/aromatic N) is 1. The second-order valence-corrected chi connectivity index (χ2v) is 5.37. The van der Waals surface area contributed by atoms with Crippen LogP contribution in [0.15, 0.2) is 18.2 Å². The number of aromatic nitrogens is 2. The number of thiophene rings is 1. The molecule has 2 aromatic rings. The third kappa shape index (κ3) is 1.97. The van der Waals surface area contributed by atoms with E-state index in [1.165, 1.54) is 22.6 Å². The molecule has 0 bridgehead atoms. The quantitative estimate of drug-likeness (QED) is 0.851. The van der Waals surface area contributed by atoms with E-state index in [0.29, 0.717) is 6.04 Å². The van der Waals surface area contributed by atoms with Crippen LogP contribution in [-0.4, -0.2) is 16.2 Å². The predicted octanol–water partition coefficient (Wildman–Crippen LogP) is 3.27. The fourth-order valence-electron chi connectivity index (χ4n) is 1.67. The highest BCUT2D eigenvalue weighted by atomic mass is 32.1. The van der Waals surface area contributed by atoms with Crippen molar-refractivity contribution in [3.63, 3.8) is 0 Å². The fraction of sp³-hybridized carbons (Fsp3) is 0.417. The second kappa shape index (κ2) is 3.94. The maximum Gasteiger partial charge on any atom is 0.148 e. The van der Waals surface area contributed by atoms with Crippen LogP contribution in [0.1, 0.15) is 24.6 Å². The van der Waals surface area contributed by atoms with E-state index in [-0.39, 0.29) is 0 Å². The first-order chi connectivity index (χ1) is 7.85. The number of H-pyrrole nitrogens is 1. The first kappa shape index (κ1) is 9.90. The number of hydrogen-bond acceptors (Lipinski definition) is 3. The van der Waals surface area contributed by atoms with Crippen LogP contribution in [-0.2, 0) is 6.42 Å². The van der Waals surface area contributed by atoms with Crippen molar-refractivity contribution in [2.45, 2.75) is 32.2 Å². The Bertz CT molecular complexity index is 482. The Morgan fingerprint density at radius 3 is 3.06 bits per heavy atom. The molecular formula is C12H15N3S. The average molecular weight is 233 g/mol. The lowest BCUT2D eigenvalue weighted by Crippen LogP contribution is -2.00. The Balaban J connectivity index is 1.79. The minimum Gasteiger partial charge on any atom is -0.366 e. The molecule has 3 rings (SSSR count). The number of rotatable bonds is 4. The van der Waals surface area contributed by atoms with E-state index in [4.69, 9.17) is 0 Å². The van der Waals surface area contributed by atoms with Gasteiger partial charge in [-0.15, -0.1) is 11.3 Å². The third-order valence-electron chi connectivity index (χ3n) is 2.78. The van der Waals surface area contributed by atoms with Gasteiger partial charge >= 0.3 is 0 Å². The van der Waals surface area contributed by atoms with Crippen molar-refractivity contribution in [1.82, 2.24) is 10.2 Å². The van der Waals surface area contributed by atoms with Crippen LogP contribution in [0.3, 0.4) is 0 Å². The molecule has 3 nitrogen and oxygen atoms in total. The first-order valence-electron chi connectivity index (χ1n) is 5.76. The number of aryl methyl sites for hydroxylation is 1. The van der Waals surface area contributed by atoms with Gasteiger partial charge in [-0.1, -0.05) is 6.92 Å². The van der Waals surface area contributed by atoms with Gasteiger partial charge in [-0.25, -0.2) is 0 Å². The maximum absolute atomic E-state index is 4.28. The Kier molecular flexibility index (Phi) is 2.44. The van der Waals surface area contributed by atoms with Crippen LogP contribution in [0.2, 0.25) is 0 Å². The van der Waals surface area contributed by atoms with Crippen molar-refractivity contribution in [2.75, 3.05) is 5.32 Å². The fourth-order valence-corrected chi connectivity index (χ4v) is 2.58. The largest absolute Gasteiger partial charge is 0.366 e. The Morgan fingerprint density at radius 2 is 2.38 bits per heavy atom. The van der Waals surface area contributed by atoms with Gasteiger partial charge in [0.2, 0.25) is 0 Å². The number of nitrogens with one attached hydrogen (secondary N) is 2. The van der Waals surface area contributed by atoms with Crippen LogP contribution >= 0.6 is 11.3 Å². The zero-order chi connectivity index (χ0) is 11.0. The van der Waals surface area contributed by atoms with E-state index in [0.717, 1.165) is 17.9 Å². The topological polar surface area (TPSA) is 40.7 Å². The van der Waals surface area contributed by atoms with Crippen LogP contribution < -0.4 is 5.32 Å². The lowest BCUT2D eigenvalue weighted by atomic mass is 10.3. The molecule has 0 radical (unpaired) electrons. The van der Waals surface area contributed by atoms with Crippen molar-refractivity contribution in [3.05, 3.63) is 23.1 Å². The first-order valence-corrected chi connectivity index (χ1v) is 6.58. The summed E-state index contributed by atoms with van der Waals surface area (Å²) in [6.45, 7) is 2.18. The normalized spacial score (nSPS) is 15.3. The maximum atomic E-state index is 4.28. The molecule has 2 N–H and O–H groups in total. The van der Waals surface area contributed by atoms with Gasteiger partial charge in [0.25, 0.3) is 0 Å². The van der Waals surface area contributed by atoms with Crippen molar-refractivity contribution in [1.29, 1.82) is 0 Å². The Morgan fingerprint density at radius 1 is 1.50 bits per heavy atom. The molecule has 2 aromatic heterocycles. The molecule has 0 aliphatic heterocycles. The van der Waals surface area contributed by atoms with Gasteiger partial charge < -0.3 is 5.32 Å². The molecule has 1 aliphatic rings. The van der Waals surface area contributed by atoms with E-state index in [2.05, 4.69) is 40.6 Å². The van der Waals surface area contributed by atoms with Crippen LogP contribution in [0.4, 0.5) is 5.82 Å². The zero-order valence-corrected chi connectivity index (χ0v) is 10.1. The highest BCUT2D eigenvalue weighted by Crippen LogP contribution is 2.30. The van der Waals surface area contributed by atoms with E-state index in [1.807, 2.05) is 11.3 Å². The molecule has 84 valence electrons. The van der Waals surface area contributed by atoms with E-state index in [1.54, 1.807) is 0 Å². The summed E-state index contributed by atoms with van der Waals surface area (Å²) in [4.78, 5) is 2.69. The van der Waals surface area contributed by atoms with E-state index in [9.17, 15) is 0 Å². The number of aromatic amines is 1. The highest BCUT2D eigenvalue weighted by molar-refractivity contribution is 7.15. The summed E-state index contributed by atoms with van der Waals surface area (Å²) in [5.74, 6) is 0.976. The van der Waals surface area contributed by atoms with Crippen LogP contribution in [0, 0.1) is 0 Å². The summed E-state index contributed by atoms with van der Waals surface area (Å²) in [5, 5.41) is 10.8. The van der Waals surface area contributed by atoms with Gasteiger partial charge in [-0.05, 0) is 31.4 Å². The SMILES string of the molecule is CCc1ccc(-c2cc(NC3CC3)n[nH]2)s1. The Labute approximate surface area is 98.9 Å². The zero-order valence-electron chi connectivity index (χ0n) is 9.29. The molecular weight excluding hydrogens is 218 g/mol. The summed E-state index contributed by atoms with van der Waals surface area (Å²) in [6.07, 6.45) is 3.66. The van der Waals surface area contributed by atoms with E-state index >= 15 is 0 Å². The van der Waals surface area contributed by atoms with Gasteiger partial charge in [0, 0.05) is 17.0 Å². The average Bonchev–Trinajstić information content (AvgIpc) is 2.83. The second-order valence-electron chi connectivity index (χ2n) is 4.20.